The molecule has 5 heteroatoms. The van der Waals surface area contributed by atoms with Gasteiger partial charge in [-0.2, -0.15) is 0 Å². The normalized spacial score (nSPS) is 24.6. The van der Waals surface area contributed by atoms with Crippen LogP contribution in [-0.2, 0) is 4.79 Å². The number of carbonyl (C=O) groups is 2. The van der Waals surface area contributed by atoms with Crippen LogP contribution in [0, 0.1) is 11.8 Å². The number of hydrogen-bond acceptors (Lipinski definition) is 2. The van der Waals surface area contributed by atoms with Crippen molar-refractivity contribution in [1.29, 1.82) is 0 Å². The fraction of sp³-hybridized carbons (Fsp3) is 0.857. The van der Waals surface area contributed by atoms with Crippen LogP contribution in [0.4, 0.5) is 4.79 Å². The first-order chi connectivity index (χ1) is 9.11. The van der Waals surface area contributed by atoms with Gasteiger partial charge in [-0.25, -0.2) is 4.79 Å². The summed E-state index contributed by atoms with van der Waals surface area (Å²) in [7, 11) is 0. The number of carbonyl (C=O) groups excluding carboxylic acids is 2. The Morgan fingerprint density at radius 2 is 1.63 bits per heavy atom. The zero-order chi connectivity index (χ0) is 13.8. The molecule has 1 atom stereocenters. The molecule has 0 aromatic rings. The van der Waals surface area contributed by atoms with Crippen molar-refractivity contribution < 1.29 is 9.59 Å². The van der Waals surface area contributed by atoms with Crippen molar-refractivity contribution in [2.75, 3.05) is 32.7 Å². The van der Waals surface area contributed by atoms with Gasteiger partial charge in [0, 0.05) is 39.6 Å². The zero-order valence-corrected chi connectivity index (χ0v) is 12.0. The summed E-state index contributed by atoms with van der Waals surface area (Å²) in [6.45, 7) is 7.82. The number of urea groups is 1. The number of rotatable bonds is 2. The summed E-state index contributed by atoms with van der Waals surface area (Å²) < 4.78 is 0. The van der Waals surface area contributed by atoms with E-state index in [0.29, 0.717) is 18.4 Å². The van der Waals surface area contributed by atoms with E-state index in [1.54, 1.807) is 6.92 Å². The van der Waals surface area contributed by atoms with Crippen molar-refractivity contribution in [3.63, 3.8) is 0 Å². The van der Waals surface area contributed by atoms with E-state index in [2.05, 4.69) is 5.32 Å². The maximum Gasteiger partial charge on any atom is 0.317 e. The van der Waals surface area contributed by atoms with E-state index in [1.807, 2.05) is 16.7 Å². The molecule has 0 spiro atoms. The molecule has 1 N–H and O–H groups in total. The molecule has 0 aliphatic carbocycles. The van der Waals surface area contributed by atoms with Gasteiger partial charge < -0.3 is 15.1 Å². The molecule has 19 heavy (non-hydrogen) atoms. The molecule has 5 nitrogen and oxygen atoms in total. The Morgan fingerprint density at radius 3 is 2.21 bits per heavy atom. The van der Waals surface area contributed by atoms with Gasteiger partial charge in [0.25, 0.3) is 0 Å². The zero-order valence-electron chi connectivity index (χ0n) is 12.0. The quantitative estimate of drug-likeness (QED) is 0.820. The Morgan fingerprint density at radius 1 is 1.05 bits per heavy atom. The van der Waals surface area contributed by atoms with Gasteiger partial charge in [-0.05, 0) is 38.0 Å². The maximum absolute atomic E-state index is 11.8. The second-order valence-corrected chi connectivity index (χ2v) is 5.67. The molecule has 2 rings (SSSR count). The highest BCUT2D eigenvalue weighted by Gasteiger charge is 2.33. The number of nitrogens with one attached hydrogen (secondary N) is 1. The first-order valence-corrected chi connectivity index (χ1v) is 7.40. The molecule has 2 fully saturated rings. The monoisotopic (exact) mass is 267 g/mol. The van der Waals surface area contributed by atoms with Crippen molar-refractivity contribution in [2.45, 2.75) is 33.1 Å². The molecule has 0 aromatic carbocycles. The minimum atomic E-state index is 0.0752. The Kier molecular flexibility index (Phi) is 4.66. The first kappa shape index (κ1) is 14.2. The Hall–Kier alpha value is -1.26. The number of piperidine rings is 1. The molecule has 2 heterocycles. The van der Waals surface area contributed by atoms with Crippen LogP contribution in [0.1, 0.15) is 33.1 Å². The van der Waals surface area contributed by atoms with E-state index in [0.717, 1.165) is 45.4 Å². The van der Waals surface area contributed by atoms with Crippen LogP contribution in [0.3, 0.4) is 0 Å². The van der Waals surface area contributed by atoms with E-state index in [-0.39, 0.29) is 11.9 Å². The topological polar surface area (TPSA) is 52.7 Å². The van der Waals surface area contributed by atoms with Crippen molar-refractivity contribution in [1.82, 2.24) is 15.1 Å². The summed E-state index contributed by atoms with van der Waals surface area (Å²) in [5.74, 6) is 1.49. The SMILES string of the molecule is CCNC(=O)N1CCC(C2CCN(C(C)=O)CC2)C1. The fourth-order valence-corrected chi connectivity index (χ4v) is 3.31. The fourth-order valence-electron chi connectivity index (χ4n) is 3.31. The van der Waals surface area contributed by atoms with Gasteiger partial charge in [0.2, 0.25) is 5.91 Å². The van der Waals surface area contributed by atoms with E-state index < -0.39 is 0 Å². The van der Waals surface area contributed by atoms with Crippen LogP contribution in [0.25, 0.3) is 0 Å². The summed E-state index contributed by atoms with van der Waals surface area (Å²) in [5, 5.41) is 2.87. The molecule has 108 valence electrons. The highest BCUT2D eigenvalue weighted by atomic mass is 16.2. The Balaban J connectivity index is 1.79. The first-order valence-electron chi connectivity index (χ1n) is 7.40. The van der Waals surface area contributed by atoms with Crippen molar-refractivity contribution in [3.8, 4) is 0 Å². The third-order valence-electron chi connectivity index (χ3n) is 4.49. The van der Waals surface area contributed by atoms with Crippen LogP contribution >= 0.6 is 0 Å². The largest absolute Gasteiger partial charge is 0.343 e. The van der Waals surface area contributed by atoms with Crippen LogP contribution < -0.4 is 5.32 Å². The molecule has 2 saturated heterocycles. The maximum atomic E-state index is 11.8. The molecule has 0 aromatic heterocycles. The third-order valence-corrected chi connectivity index (χ3v) is 4.49. The average molecular weight is 267 g/mol. The van der Waals surface area contributed by atoms with Gasteiger partial charge >= 0.3 is 6.03 Å². The van der Waals surface area contributed by atoms with E-state index >= 15 is 0 Å². The van der Waals surface area contributed by atoms with Gasteiger partial charge in [-0.3, -0.25) is 4.79 Å². The van der Waals surface area contributed by atoms with Crippen molar-refractivity contribution in [2.24, 2.45) is 11.8 Å². The molecule has 0 radical (unpaired) electrons. The Labute approximate surface area is 115 Å². The average Bonchev–Trinajstić information content (AvgIpc) is 2.89. The second-order valence-electron chi connectivity index (χ2n) is 5.67. The number of nitrogens with zero attached hydrogens (tertiary/aromatic N) is 2. The minimum absolute atomic E-state index is 0.0752. The highest BCUT2D eigenvalue weighted by molar-refractivity contribution is 5.74. The lowest BCUT2D eigenvalue weighted by atomic mass is 9.84. The van der Waals surface area contributed by atoms with Crippen molar-refractivity contribution >= 4 is 11.9 Å². The molecule has 1 unspecified atom stereocenters. The predicted octanol–water partition coefficient (Wildman–Crippen LogP) is 1.30. The van der Waals surface area contributed by atoms with Crippen LogP contribution in [0.15, 0.2) is 0 Å². The molecule has 2 aliphatic rings. The standard InChI is InChI=1S/C14H25N3O2/c1-3-15-14(19)17-9-6-13(10-17)12-4-7-16(8-5-12)11(2)18/h12-13H,3-10H2,1-2H3,(H,15,19). The number of likely N-dealkylation sites (tertiary alicyclic amines) is 2. The molecule has 3 amide bonds. The number of hydrogen-bond donors (Lipinski definition) is 1. The second kappa shape index (κ2) is 6.26. The lowest BCUT2D eigenvalue weighted by Crippen LogP contribution is -2.41. The minimum Gasteiger partial charge on any atom is -0.343 e. The summed E-state index contributed by atoms with van der Waals surface area (Å²) in [5.41, 5.74) is 0. The molecule has 2 aliphatic heterocycles. The molecule has 0 saturated carbocycles. The molecule has 0 bridgehead atoms. The molecular weight excluding hydrogens is 242 g/mol. The molecular formula is C14H25N3O2. The summed E-state index contributed by atoms with van der Waals surface area (Å²) >= 11 is 0. The van der Waals surface area contributed by atoms with E-state index in [9.17, 15) is 9.59 Å². The lowest BCUT2D eigenvalue weighted by molar-refractivity contribution is -0.130. The van der Waals surface area contributed by atoms with Gasteiger partial charge in [-0.15, -0.1) is 0 Å². The van der Waals surface area contributed by atoms with E-state index in [1.165, 1.54) is 0 Å². The van der Waals surface area contributed by atoms with Gasteiger partial charge in [0.1, 0.15) is 0 Å². The lowest BCUT2D eigenvalue weighted by Gasteiger charge is -2.34. The number of amides is 3. The van der Waals surface area contributed by atoms with Crippen LogP contribution in [-0.4, -0.2) is 54.5 Å². The predicted molar refractivity (Wildman–Crippen MR) is 73.7 cm³/mol. The smallest absolute Gasteiger partial charge is 0.317 e. The van der Waals surface area contributed by atoms with Crippen LogP contribution in [0.5, 0.6) is 0 Å². The van der Waals surface area contributed by atoms with Crippen molar-refractivity contribution in [3.05, 3.63) is 0 Å². The third kappa shape index (κ3) is 3.39. The van der Waals surface area contributed by atoms with Crippen LogP contribution in [0.2, 0.25) is 0 Å². The summed E-state index contributed by atoms with van der Waals surface area (Å²) in [4.78, 5) is 27.0. The van der Waals surface area contributed by atoms with Gasteiger partial charge in [0.15, 0.2) is 0 Å². The van der Waals surface area contributed by atoms with Gasteiger partial charge in [-0.1, -0.05) is 0 Å². The highest BCUT2D eigenvalue weighted by Crippen LogP contribution is 2.31. The van der Waals surface area contributed by atoms with E-state index in [4.69, 9.17) is 0 Å². The summed E-state index contributed by atoms with van der Waals surface area (Å²) in [6.07, 6.45) is 3.29. The Bertz CT molecular complexity index is 338. The summed E-state index contributed by atoms with van der Waals surface area (Å²) in [6, 6.07) is 0.0752. The van der Waals surface area contributed by atoms with Gasteiger partial charge in [0.05, 0.1) is 0 Å².